The number of nitrogens with zero attached hydrogens (tertiary/aromatic N) is 6. The van der Waals surface area contributed by atoms with E-state index in [1.807, 2.05) is 72.7 Å². The maximum Gasteiger partial charge on any atom is 0.498 e. The monoisotopic (exact) mass is 1130 g/mol. The summed E-state index contributed by atoms with van der Waals surface area (Å²) in [6.07, 6.45) is 9.39. The second-order valence-corrected chi connectivity index (χ2v) is 20.4. The summed E-state index contributed by atoms with van der Waals surface area (Å²) in [5.74, 6) is -1.11. The van der Waals surface area contributed by atoms with E-state index in [4.69, 9.17) is 19.8 Å². The van der Waals surface area contributed by atoms with Gasteiger partial charge in [-0.3, -0.25) is 30.4 Å². The van der Waals surface area contributed by atoms with E-state index in [-0.39, 0.29) is 17.2 Å². The van der Waals surface area contributed by atoms with Crippen LogP contribution in [0.15, 0.2) is 169 Å². The van der Waals surface area contributed by atoms with Crippen molar-refractivity contribution in [3.63, 3.8) is 0 Å². The van der Waals surface area contributed by atoms with Gasteiger partial charge in [-0.2, -0.15) is 20.0 Å². The topological polar surface area (TPSA) is 232 Å². The van der Waals surface area contributed by atoms with Gasteiger partial charge in [0.1, 0.15) is 23.1 Å². The highest BCUT2D eigenvalue weighted by atomic mass is 79.9. The van der Waals surface area contributed by atoms with Crippen LogP contribution < -0.4 is 11.2 Å². The molecule has 78 heavy (non-hydrogen) atoms. The number of nitro groups is 2. The number of carbonyl (C=O) groups excluding carboxylic acids is 1. The van der Waals surface area contributed by atoms with Gasteiger partial charge in [-0.25, -0.2) is 18.0 Å². The molecule has 0 amide bonds. The van der Waals surface area contributed by atoms with Crippen LogP contribution in [0.25, 0.3) is 55.6 Å². The molecule has 10 rings (SSSR count). The highest BCUT2D eigenvalue weighted by Crippen LogP contribution is 2.38. The summed E-state index contributed by atoms with van der Waals surface area (Å²) in [4.78, 5) is 33.2. The number of carbonyl (C=O) groups is 1. The van der Waals surface area contributed by atoms with Crippen molar-refractivity contribution >= 4 is 51.7 Å². The van der Waals surface area contributed by atoms with Crippen LogP contribution in [0.5, 0.6) is 0 Å². The summed E-state index contributed by atoms with van der Waals surface area (Å²) in [5.41, 5.74) is 12.6. The van der Waals surface area contributed by atoms with Crippen molar-refractivity contribution in [3.05, 3.63) is 207 Å². The minimum atomic E-state index is -0.562. The van der Waals surface area contributed by atoms with Crippen molar-refractivity contribution in [1.29, 1.82) is 0 Å². The first-order chi connectivity index (χ1) is 36.9. The van der Waals surface area contributed by atoms with Crippen LogP contribution in [0.2, 0.25) is 0 Å². The number of anilines is 1. The number of nitro benzene ring substituents is 2. The first-order valence-electron chi connectivity index (χ1n) is 23.9. The lowest BCUT2D eigenvalue weighted by Crippen LogP contribution is -2.41. The molecule has 9 aromatic rings. The first-order valence-corrected chi connectivity index (χ1v) is 24.7. The second kappa shape index (κ2) is 24.1. The van der Waals surface area contributed by atoms with Gasteiger partial charge >= 0.3 is 13.2 Å². The van der Waals surface area contributed by atoms with Gasteiger partial charge in [0.25, 0.3) is 11.4 Å². The van der Waals surface area contributed by atoms with Gasteiger partial charge in [-0.15, -0.1) is 0 Å². The normalized spacial score (nSPS) is 13.2. The number of hydrogen-bond donors (Lipinski definition) is 3. The number of nitrogen functional groups attached to an aromatic ring is 1. The lowest BCUT2D eigenvalue weighted by Gasteiger charge is -2.32. The van der Waals surface area contributed by atoms with E-state index < -0.39 is 51.5 Å². The third kappa shape index (κ3) is 14.4. The fraction of sp³-hybridized carbons (Fsp3) is 0.179. The van der Waals surface area contributed by atoms with E-state index in [0.29, 0.717) is 43.4 Å². The van der Waals surface area contributed by atoms with E-state index in [1.165, 1.54) is 60.7 Å². The molecule has 1 aliphatic rings. The molecule has 400 valence electrons. The molecule has 22 heteroatoms. The van der Waals surface area contributed by atoms with Gasteiger partial charge in [-0.05, 0) is 137 Å². The average molecular weight is 1130 g/mol. The molecule has 0 radical (unpaired) electrons. The maximum atomic E-state index is 13.3. The summed E-state index contributed by atoms with van der Waals surface area (Å²) in [7, 11) is -0.536. The van der Waals surface area contributed by atoms with Gasteiger partial charge in [0.2, 0.25) is 0 Å². The largest absolute Gasteiger partial charge is 0.498 e. The number of H-pyrrole nitrogens is 2. The Kier molecular flexibility index (Phi) is 17.6. The van der Waals surface area contributed by atoms with Crippen LogP contribution in [-0.2, 0) is 14.0 Å². The minimum absolute atomic E-state index is 0.0509. The zero-order valence-electron chi connectivity index (χ0n) is 43.2. The Morgan fingerprint density at radius 1 is 0.641 bits per heavy atom. The number of nitrogens with one attached hydrogen (secondary N) is 2. The number of aromatic amines is 2. The van der Waals surface area contributed by atoms with Crippen LogP contribution in [0.1, 0.15) is 48.5 Å². The number of aromatic nitrogens is 6. The molecule has 0 aliphatic carbocycles. The van der Waals surface area contributed by atoms with Crippen molar-refractivity contribution in [2.24, 2.45) is 0 Å². The Morgan fingerprint density at radius 2 is 1.09 bits per heavy atom. The Labute approximate surface area is 455 Å². The fourth-order valence-corrected chi connectivity index (χ4v) is 7.99. The van der Waals surface area contributed by atoms with Gasteiger partial charge in [0, 0.05) is 69.2 Å². The number of ether oxygens (including phenoxy) is 1. The van der Waals surface area contributed by atoms with Crippen LogP contribution in [-0.4, -0.2) is 70.0 Å². The molecule has 0 atom stereocenters. The smallest absolute Gasteiger partial charge is 0.442 e. The van der Waals surface area contributed by atoms with Crippen LogP contribution >= 0.6 is 15.9 Å². The molecule has 6 aromatic carbocycles. The lowest BCUT2D eigenvalue weighted by molar-refractivity contribution is -0.384. The molecule has 17 nitrogen and oxygen atoms in total. The number of benzene rings is 6. The molecule has 1 fully saturated rings. The molecule has 0 spiro atoms. The van der Waals surface area contributed by atoms with E-state index in [2.05, 4.69) is 41.4 Å². The van der Waals surface area contributed by atoms with Crippen molar-refractivity contribution in [1.82, 2.24) is 30.2 Å². The Morgan fingerprint density at radius 3 is 1.53 bits per heavy atom. The second-order valence-electron chi connectivity index (χ2n) is 19.5. The molecule has 1 saturated heterocycles. The Balaban J connectivity index is 0.000000151. The Bertz CT molecular complexity index is 3560. The van der Waals surface area contributed by atoms with Crippen LogP contribution in [0.3, 0.4) is 0 Å². The van der Waals surface area contributed by atoms with E-state index in [9.17, 15) is 38.2 Å². The molecule has 0 unspecified atom stereocenters. The summed E-state index contributed by atoms with van der Waals surface area (Å²) < 4.78 is 58.5. The van der Waals surface area contributed by atoms with E-state index in [1.54, 1.807) is 79.6 Å². The molecular formula is C56H52BBrF3N9O8. The fourth-order valence-electron chi connectivity index (χ4n) is 7.64. The third-order valence-corrected chi connectivity index (χ3v) is 12.7. The predicted octanol–water partition coefficient (Wildman–Crippen LogP) is 13.4. The van der Waals surface area contributed by atoms with Crippen molar-refractivity contribution in [3.8, 4) is 55.6 Å². The predicted molar refractivity (Wildman–Crippen MR) is 296 cm³/mol. The van der Waals surface area contributed by atoms with Crippen LogP contribution in [0.4, 0.5) is 35.0 Å². The number of hydrogen-bond acceptors (Lipinski definition) is 12. The molecule has 1 aliphatic heterocycles. The third-order valence-electron chi connectivity index (χ3n) is 12.2. The average Bonchev–Trinajstić information content (AvgIpc) is 4.24. The highest BCUT2D eigenvalue weighted by Gasteiger charge is 2.52. The van der Waals surface area contributed by atoms with E-state index >= 15 is 0 Å². The first kappa shape index (κ1) is 57.0. The molecule has 4 N–H and O–H groups in total. The van der Waals surface area contributed by atoms with Crippen molar-refractivity contribution in [2.75, 3.05) is 5.73 Å². The summed E-state index contributed by atoms with van der Waals surface area (Å²) in [6.45, 7) is 13.3. The van der Waals surface area contributed by atoms with Crippen molar-refractivity contribution < 1.29 is 41.9 Å². The lowest BCUT2D eigenvalue weighted by atomic mass is 9.82. The SMILES string of the molecule is CC(C)(C)OC(=O)n1cc(B2OC(C)(C)C(C)(C)O2)cn1.Nc1cc(-c2cn[nH]c2)ccc1-c1cccc(F)c1.O=[N+]([O-])c1cc(-c2cn[nH]c2)ccc1-c1cccc(F)c1.O=[N+]([O-])c1cc(Br)ccc1-c1cccc(F)c1. The molecule has 3 aromatic heterocycles. The van der Waals surface area contributed by atoms with Gasteiger partial charge in [0.15, 0.2) is 0 Å². The summed E-state index contributed by atoms with van der Waals surface area (Å²) in [5, 5.41) is 39.4. The number of rotatable bonds is 8. The van der Waals surface area contributed by atoms with Gasteiger partial charge in [-0.1, -0.05) is 70.5 Å². The molecule has 0 bridgehead atoms. The van der Waals surface area contributed by atoms with E-state index in [0.717, 1.165) is 32.5 Å². The van der Waals surface area contributed by atoms with Gasteiger partial charge in [0.05, 0.1) is 44.6 Å². The standard InChI is InChI=1S/C15H10FN3O2.C15H12FN3.C14H23BN2O4.C12H7BrFNO2/c16-13-3-1-2-11(6-13)14-5-4-10(7-15(14)19(20)21)12-8-17-18-9-12;16-13-3-1-2-11(6-13)14-5-4-10(7-15(14)17)12-8-18-19-9-12;1-12(2,3)19-11(18)17-9-10(8-16-17)15-20-13(4,5)14(6,7)21-15;13-9-4-5-11(12(7-9)15(16)17)8-2-1-3-10(14)6-8/h1-9H,(H,17,18);1-9H,17H2,(H,18,19);8-9H,1-7H3;1-7H. The minimum Gasteiger partial charge on any atom is -0.442 e. The number of nitrogens with two attached hydrogens (primary N) is 1. The highest BCUT2D eigenvalue weighted by molar-refractivity contribution is 9.10. The van der Waals surface area contributed by atoms with Gasteiger partial charge < -0.3 is 19.8 Å². The number of halogens is 4. The summed E-state index contributed by atoms with van der Waals surface area (Å²) in [6, 6.07) is 33.1. The zero-order valence-corrected chi connectivity index (χ0v) is 44.8. The molecule has 0 saturated carbocycles. The molecule has 4 heterocycles. The zero-order chi connectivity index (χ0) is 56.5. The quantitative estimate of drug-likeness (QED) is 0.0558. The summed E-state index contributed by atoms with van der Waals surface area (Å²) >= 11 is 3.17. The van der Waals surface area contributed by atoms with Crippen LogP contribution in [0, 0.1) is 37.7 Å². The molecular weight excluding hydrogens is 1070 g/mol. The van der Waals surface area contributed by atoms with Crippen molar-refractivity contribution in [2.45, 2.75) is 65.3 Å². The Hall–Kier alpha value is -8.73. The maximum absolute atomic E-state index is 13.3.